The first-order valence-electron chi connectivity index (χ1n) is 5.79. The molecule has 0 spiro atoms. The summed E-state index contributed by atoms with van der Waals surface area (Å²) in [6.07, 6.45) is 3.33. The van der Waals surface area contributed by atoms with Gasteiger partial charge in [0.25, 0.3) is 0 Å². The lowest BCUT2D eigenvalue weighted by molar-refractivity contribution is -0.135. The van der Waals surface area contributed by atoms with Crippen LogP contribution in [0.4, 0.5) is 0 Å². The summed E-state index contributed by atoms with van der Waals surface area (Å²) in [5.74, 6) is 0.595. The van der Waals surface area contributed by atoms with Crippen LogP contribution >= 0.6 is 0 Å². The maximum atomic E-state index is 11.8. The molecule has 0 heterocycles. The van der Waals surface area contributed by atoms with Gasteiger partial charge < -0.3 is 4.90 Å². The number of carbonyl (C=O) groups is 2. The van der Waals surface area contributed by atoms with Crippen molar-refractivity contribution in [2.24, 2.45) is 5.92 Å². The molecule has 1 saturated carbocycles. The molecule has 1 rings (SSSR count). The fraction of sp³-hybridized carbons (Fsp3) is 0.833. The molecule has 86 valence electrons. The van der Waals surface area contributed by atoms with Gasteiger partial charge in [0.1, 0.15) is 5.78 Å². The SMILES string of the molecule is CC(=O)CC(=O)N(CCC(C)C)C1CC1. The summed E-state index contributed by atoms with van der Waals surface area (Å²) in [5, 5.41) is 0. The van der Waals surface area contributed by atoms with E-state index in [4.69, 9.17) is 0 Å². The van der Waals surface area contributed by atoms with E-state index < -0.39 is 0 Å². The number of carbonyl (C=O) groups excluding carboxylic acids is 2. The molecular formula is C12H21NO2. The van der Waals surface area contributed by atoms with Gasteiger partial charge in [0.05, 0.1) is 6.42 Å². The molecule has 0 radical (unpaired) electrons. The van der Waals surface area contributed by atoms with E-state index in [0.29, 0.717) is 12.0 Å². The predicted molar refractivity (Wildman–Crippen MR) is 59.5 cm³/mol. The second kappa shape index (κ2) is 5.29. The van der Waals surface area contributed by atoms with Gasteiger partial charge in [0.2, 0.25) is 5.91 Å². The summed E-state index contributed by atoms with van der Waals surface area (Å²) in [5.41, 5.74) is 0. The highest BCUT2D eigenvalue weighted by Crippen LogP contribution is 2.28. The molecule has 1 amide bonds. The van der Waals surface area contributed by atoms with Crippen molar-refractivity contribution >= 4 is 11.7 Å². The summed E-state index contributed by atoms with van der Waals surface area (Å²) < 4.78 is 0. The second-order valence-corrected chi connectivity index (χ2v) is 4.88. The number of ketones is 1. The zero-order valence-corrected chi connectivity index (χ0v) is 9.95. The third kappa shape index (κ3) is 4.45. The minimum atomic E-state index is -0.0322. The fourth-order valence-corrected chi connectivity index (χ4v) is 1.61. The van der Waals surface area contributed by atoms with E-state index in [1.54, 1.807) is 0 Å². The highest BCUT2D eigenvalue weighted by Gasteiger charge is 2.32. The molecule has 0 aromatic heterocycles. The molecule has 3 heteroatoms. The molecule has 1 aliphatic rings. The van der Waals surface area contributed by atoms with Gasteiger partial charge in [-0.3, -0.25) is 9.59 Å². The van der Waals surface area contributed by atoms with Crippen molar-refractivity contribution in [3.63, 3.8) is 0 Å². The monoisotopic (exact) mass is 211 g/mol. The molecular weight excluding hydrogens is 190 g/mol. The third-order valence-corrected chi connectivity index (χ3v) is 2.66. The van der Waals surface area contributed by atoms with E-state index in [1.807, 2.05) is 4.90 Å². The molecule has 0 unspecified atom stereocenters. The van der Waals surface area contributed by atoms with Crippen LogP contribution in [0.3, 0.4) is 0 Å². The van der Waals surface area contributed by atoms with Crippen molar-refractivity contribution in [3.05, 3.63) is 0 Å². The van der Waals surface area contributed by atoms with Crippen molar-refractivity contribution in [2.75, 3.05) is 6.54 Å². The molecule has 0 atom stereocenters. The molecule has 0 bridgehead atoms. The number of amides is 1. The summed E-state index contributed by atoms with van der Waals surface area (Å²) >= 11 is 0. The molecule has 1 fully saturated rings. The molecule has 0 N–H and O–H groups in total. The van der Waals surface area contributed by atoms with Crippen molar-refractivity contribution < 1.29 is 9.59 Å². The first kappa shape index (κ1) is 12.2. The zero-order valence-electron chi connectivity index (χ0n) is 9.95. The first-order chi connectivity index (χ1) is 7.00. The molecule has 0 saturated heterocycles. The second-order valence-electron chi connectivity index (χ2n) is 4.88. The number of Topliss-reactive ketones (excluding diaryl/α,β-unsaturated/α-hetero) is 1. The highest BCUT2D eigenvalue weighted by molar-refractivity contribution is 5.97. The Kier molecular flexibility index (Phi) is 4.30. The lowest BCUT2D eigenvalue weighted by atomic mass is 10.1. The Morgan fingerprint density at radius 2 is 1.93 bits per heavy atom. The average Bonchev–Trinajstić information content (AvgIpc) is 2.86. The number of hydrogen-bond acceptors (Lipinski definition) is 2. The van der Waals surface area contributed by atoms with Crippen LogP contribution in [0.5, 0.6) is 0 Å². The van der Waals surface area contributed by atoms with E-state index in [2.05, 4.69) is 13.8 Å². The zero-order chi connectivity index (χ0) is 11.4. The van der Waals surface area contributed by atoms with Crippen LogP contribution in [0.1, 0.15) is 46.5 Å². The number of nitrogens with zero attached hydrogens (tertiary/aromatic N) is 1. The molecule has 3 nitrogen and oxygen atoms in total. The topological polar surface area (TPSA) is 37.4 Å². The van der Waals surface area contributed by atoms with Crippen LogP contribution in [-0.2, 0) is 9.59 Å². The average molecular weight is 211 g/mol. The molecule has 0 aromatic rings. The smallest absolute Gasteiger partial charge is 0.230 e. The van der Waals surface area contributed by atoms with Gasteiger partial charge in [-0.15, -0.1) is 0 Å². The van der Waals surface area contributed by atoms with E-state index in [1.165, 1.54) is 6.92 Å². The van der Waals surface area contributed by atoms with Crippen LogP contribution in [-0.4, -0.2) is 29.2 Å². The van der Waals surface area contributed by atoms with Gasteiger partial charge in [-0.05, 0) is 32.1 Å². The molecule has 15 heavy (non-hydrogen) atoms. The highest BCUT2D eigenvalue weighted by atomic mass is 16.2. The quantitative estimate of drug-likeness (QED) is 0.630. The summed E-state index contributed by atoms with van der Waals surface area (Å²) in [6, 6.07) is 0.426. The van der Waals surface area contributed by atoms with Gasteiger partial charge in [-0.1, -0.05) is 13.8 Å². The van der Waals surface area contributed by atoms with Crippen molar-refractivity contribution in [1.82, 2.24) is 4.90 Å². The first-order valence-corrected chi connectivity index (χ1v) is 5.79. The number of rotatable bonds is 6. The largest absolute Gasteiger partial charge is 0.339 e. The van der Waals surface area contributed by atoms with Crippen LogP contribution in [0.25, 0.3) is 0 Å². The van der Waals surface area contributed by atoms with Crippen molar-refractivity contribution in [3.8, 4) is 0 Å². The summed E-state index contributed by atoms with van der Waals surface area (Å²) in [4.78, 5) is 24.5. The minimum absolute atomic E-state index is 0.0191. The van der Waals surface area contributed by atoms with Crippen LogP contribution in [0.15, 0.2) is 0 Å². The van der Waals surface area contributed by atoms with Crippen LogP contribution in [0.2, 0.25) is 0 Å². The predicted octanol–water partition coefficient (Wildman–Crippen LogP) is 2.00. The Balaban J connectivity index is 2.42. The molecule has 0 aromatic carbocycles. The Bertz CT molecular complexity index is 244. The van der Waals surface area contributed by atoms with Gasteiger partial charge in [-0.25, -0.2) is 0 Å². The Labute approximate surface area is 91.8 Å². The standard InChI is InChI=1S/C12H21NO2/c1-9(2)6-7-13(11-4-5-11)12(15)8-10(3)14/h9,11H,4-8H2,1-3H3. The fourth-order valence-electron chi connectivity index (χ4n) is 1.61. The lowest BCUT2D eigenvalue weighted by Crippen LogP contribution is -2.35. The summed E-state index contributed by atoms with van der Waals surface area (Å²) in [6.45, 7) is 6.60. The van der Waals surface area contributed by atoms with Gasteiger partial charge in [0, 0.05) is 12.6 Å². The van der Waals surface area contributed by atoms with Crippen molar-refractivity contribution in [1.29, 1.82) is 0 Å². The van der Waals surface area contributed by atoms with Crippen LogP contribution in [0, 0.1) is 5.92 Å². The Hall–Kier alpha value is -0.860. The van der Waals surface area contributed by atoms with Crippen molar-refractivity contribution in [2.45, 2.75) is 52.5 Å². The number of hydrogen-bond donors (Lipinski definition) is 0. The van der Waals surface area contributed by atoms with Gasteiger partial charge in [0.15, 0.2) is 0 Å². The van der Waals surface area contributed by atoms with E-state index in [9.17, 15) is 9.59 Å². The maximum absolute atomic E-state index is 11.8. The Morgan fingerprint density at radius 1 is 1.33 bits per heavy atom. The van der Waals surface area contributed by atoms with Gasteiger partial charge in [-0.2, -0.15) is 0 Å². The summed E-state index contributed by atoms with van der Waals surface area (Å²) in [7, 11) is 0. The molecule has 1 aliphatic carbocycles. The lowest BCUT2D eigenvalue weighted by Gasteiger charge is -2.22. The van der Waals surface area contributed by atoms with E-state index in [0.717, 1.165) is 25.8 Å². The normalized spacial score (nSPS) is 15.5. The van der Waals surface area contributed by atoms with Crippen LogP contribution < -0.4 is 0 Å². The van der Waals surface area contributed by atoms with E-state index in [-0.39, 0.29) is 18.1 Å². The third-order valence-electron chi connectivity index (χ3n) is 2.66. The maximum Gasteiger partial charge on any atom is 0.230 e. The minimum Gasteiger partial charge on any atom is -0.339 e. The van der Waals surface area contributed by atoms with Gasteiger partial charge >= 0.3 is 0 Å². The Morgan fingerprint density at radius 3 is 2.33 bits per heavy atom. The van der Waals surface area contributed by atoms with E-state index >= 15 is 0 Å². The molecule has 0 aliphatic heterocycles.